The molecule has 0 atom stereocenters. The number of rotatable bonds is 16. The first-order chi connectivity index (χ1) is 10.7. The topological polar surface area (TPSA) is 94.1 Å². The second-order valence-electron chi connectivity index (χ2n) is 4.75. The van der Waals surface area contributed by atoms with Gasteiger partial charge in [0.2, 0.25) is 5.91 Å². The Balaban J connectivity index is 3.02. The van der Waals surface area contributed by atoms with E-state index < -0.39 is 5.97 Å². The fourth-order valence-electron chi connectivity index (χ4n) is 1.59. The molecule has 7 nitrogen and oxygen atoms in total. The predicted molar refractivity (Wildman–Crippen MR) is 81.9 cm³/mol. The molecule has 0 saturated heterocycles. The molecule has 0 unspecified atom stereocenters. The molecule has 2 N–H and O–H groups in total. The van der Waals surface area contributed by atoms with Crippen molar-refractivity contribution in [2.24, 2.45) is 0 Å². The first-order valence-electron chi connectivity index (χ1n) is 7.88. The summed E-state index contributed by atoms with van der Waals surface area (Å²) in [5, 5.41) is 11.2. The number of carboxylic acid groups (broad SMARTS) is 1. The van der Waals surface area contributed by atoms with E-state index in [9.17, 15) is 9.59 Å². The van der Waals surface area contributed by atoms with Gasteiger partial charge in [-0.25, -0.2) is 0 Å². The predicted octanol–water partition coefficient (Wildman–Crippen LogP) is 1.21. The summed E-state index contributed by atoms with van der Waals surface area (Å²) >= 11 is 0. The molecule has 1 amide bonds. The molecular weight excluding hydrogens is 290 g/mol. The van der Waals surface area contributed by atoms with Gasteiger partial charge in [0.05, 0.1) is 33.0 Å². The van der Waals surface area contributed by atoms with Crippen LogP contribution in [0.2, 0.25) is 0 Å². The molecule has 0 aliphatic carbocycles. The monoisotopic (exact) mass is 319 g/mol. The Kier molecular flexibility index (Phi) is 15.3. The van der Waals surface area contributed by atoms with Gasteiger partial charge in [0.1, 0.15) is 0 Å². The Morgan fingerprint density at radius 3 is 2.05 bits per heavy atom. The molecule has 0 spiro atoms. The van der Waals surface area contributed by atoms with E-state index in [0.717, 1.165) is 12.8 Å². The van der Waals surface area contributed by atoms with Crippen LogP contribution in [0.5, 0.6) is 0 Å². The Labute approximate surface area is 132 Å². The number of ether oxygens (including phenoxy) is 3. The van der Waals surface area contributed by atoms with Crippen LogP contribution >= 0.6 is 0 Å². The van der Waals surface area contributed by atoms with Gasteiger partial charge in [-0.1, -0.05) is 13.3 Å². The largest absolute Gasteiger partial charge is 0.481 e. The van der Waals surface area contributed by atoms with Gasteiger partial charge in [-0.2, -0.15) is 0 Å². The summed E-state index contributed by atoms with van der Waals surface area (Å²) in [5.74, 6) is -0.718. The highest BCUT2D eigenvalue weighted by molar-refractivity contribution is 5.75. The van der Waals surface area contributed by atoms with Gasteiger partial charge in [0.25, 0.3) is 0 Å². The van der Waals surface area contributed by atoms with E-state index in [-0.39, 0.29) is 12.3 Å². The lowest BCUT2D eigenvalue weighted by molar-refractivity contribution is -0.137. The zero-order chi connectivity index (χ0) is 16.5. The molecule has 0 heterocycles. The second kappa shape index (κ2) is 16.2. The van der Waals surface area contributed by atoms with Crippen molar-refractivity contribution in [1.29, 1.82) is 0 Å². The third kappa shape index (κ3) is 16.9. The summed E-state index contributed by atoms with van der Waals surface area (Å²) in [7, 11) is 0. The minimum atomic E-state index is -0.746. The standard InChI is InChI=1S/C15H29NO6/c1-2-14(17)16-7-9-21-11-13-22-12-10-20-8-5-3-4-6-15(18)19/h2-13H2,1H3,(H,16,17)(H,18,19). The number of carbonyl (C=O) groups excluding carboxylic acids is 1. The Hall–Kier alpha value is -1.18. The van der Waals surface area contributed by atoms with Crippen LogP contribution in [0, 0.1) is 0 Å². The van der Waals surface area contributed by atoms with Gasteiger partial charge >= 0.3 is 5.97 Å². The lowest BCUT2D eigenvalue weighted by Gasteiger charge is -2.07. The van der Waals surface area contributed by atoms with Crippen LogP contribution in [0.3, 0.4) is 0 Å². The number of aliphatic carboxylic acids is 1. The summed E-state index contributed by atoms with van der Waals surface area (Å²) in [4.78, 5) is 21.2. The molecule has 0 fully saturated rings. The Morgan fingerprint density at radius 1 is 0.864 bits per heavy atom. The number of hydrogen-bond donors (Lipinski definition) is 2. The van der Waals surface area contributed by atoms with Crippen molar-refractivity contribution in [3.8, 4) is 0 Å². The minimum Gasteiger partial charge on any atom is -0.481 e. The molecule has 22 heavy (non-hydrogen) atoms. The van der Waals surface area contributed by atoms with E-state index in [1.807, 2.05) is 6.92 Å². The third-order valence-corrected chi connectivity index (χ3v) is 2.81. The first-order valence-corrected chi connectivity index (χ1v) is 7.88. The zero-order valence-corrected chi connectivity index (χ0v) is 13.5. The van der Waals surface area contributed by atoms with Crippen molar-refractivity contribution >= 4 is 11.9 Å². The van der Waals surface area contributed by atoms with Gasteiger partial charge in [-0.15, -0.1) is 0 Å². The molecule has 0 radical (unpaired) electrons. The highest BCUT2D eigenvalue weighted by Crippen LogP contribution is 1.99. The van der Waals surface area contributed by atoms with Crippen molar-refractivity contribution < 1.29 is 28.9 Å². The van der Waals surface area contributed by atoms with Gasteiger partial charge in [-0.3, -0.25) is 9.59 Å². The van der Waals surface area contributed by atoms with Crippen molar-refractivity contribution in [2.75, 3.05) is 46.2 Å². The second-order valence-corrected chi connectivity index (χ2v) is 4.75. The highest BCUT2D eigenvalue weighted by Gasteiger charge is 1.97. The van der Waals surface area contributed by atoms with Crippen molar-refractivity contribution in [1.82, 2.24) is 5.32 Å². The highest BCUT2D eigenvalue weighted by atomic mass is 16.5. The zero-order valence-electron chi connectivity index (χ0n) is 13.5. The third-order valence-electron chi connectivity index (χ3n) is 2.81. The number of carbonyl (C=O) groups is 2. The van der Waals surface area contributed by atoms with Crippen molar-refractivity contribution in [3.63, 3.8) is 0 Å². The molecular formula is C15H29NO6. The van der Waals surface area contributed by atoms with Crippen LogP contribution < -0.4 is 5.32 Å². The Morgan fingerprint density at radius 2 is 1.45 bits per heavy atom. The molecule has 0 aromatic heterocycles. The summed E-state index contributed by atoms with van der Waals surface area (Å²) in [5.41, 5.74) is 0. The maximum Gasteiger partial charge on any atom is 0.303 e. The SMILES string of the molecule is CCC(=O)NCCOCCOCCOCCCCCC(=O)O. The van der Waals surface area contributed by atoms with E-state index >= 15 is 0 Å². The van der Waals surface area contributed by atoms with Crippen LogP contribution in [0.1, 0.15) is 39.0 Å². The fraction of sp³-hybridized carbons (Fsp3) is 0.867. The number of carboxylic acids is 1. The maximum atomic E-state index is 10.9. The van der Waals surface area contributed by atoms with Crippen LogP contribution in [0.4, 0.5) is 0 Å². The number of amides is 1. The van der Waals surface area contributed by atoms with Gasteiger partial charge in [0, 0.05) is 26.0 Å². The van der Waals surface area contributed by atoms with Crippen molar-refractivity contribution in [2.45, 2.75) is 39.0 Å². The summed E-state index contributed by atoms with van der Waals surface area (Å²) < 4.78 is 16.0. The smallest absolute Gasteiger partial charge is 0.303 e. The van der Waals surface area contributed by atoms with E-state index in [2.05, 4.69) is 5.32 Å². The molecule has 7 heteroatoms. The van der Waals surface area contributed by atoms with Crippen molar-refractivity contribution in [3.05, 3.63) is 0 Å². The van der Waals surface area contributed by atoms with Gasteiger partial charge < -0.3 is 24.6 Å². The molecule has 130 valence electrons. The van der Waals surface area contributed by atoms with Crippen LogP contribution in [-0.2, 0) is 23.8 Å². The van der Waals surface area contributed by atoms with Crippen LogP contribution in [0.15, 0.2) is 0 Å². The number of unbranched alkanes of at least 4 members (excludes halogenated alkanes) is 2. The Bertz CT molecular complexity index is 285. The normalized spacial score (nSPS) is 10.6. The molecule has 0 aromatic carbocycles. The van der Waals surface area contributed by atoms with Crippen LogP contribution in [0.25, 0.3) is 0 Å². The minimum absolute atomic E-state index is 0.0277. The molecule has 0 saturated carbocycles. The molecule has 0 aliphatic rings. The molecule has 0 bridgehead atoms. The lowest BCUT2D eigenvalue weighted by atomic mass is 10.2. The lowest BCUT2D eigenvalue weighted by Crippen LogP contribution is -2.26. The molecule has 0 aromatic rings. The number of nitrogens with one attached hydrogen (secondary N) is 1. The van der Waals surface area contributed by atoms with Gasteiger partial charge in [0.15, 0.2) is 0 Å². The first kappa shape index (κ1) is 20.8. The summed E-state index contributed by atoms with van der Waals surface area (Å²) in [6.07, 6.45) is 3.16. The average molecular weight is 319 g/mol. The van der Waals surface area contributed by atoms with Gasteiger partial charge in [-0.05, 0) is 12.8 Å². The fourth-order valence-corrected chi connectivity index (χ4v) is 1.59. The molecule has 0 rings (SSSR count). The van der Waals surface area contributed by atoms with E-state index in [4.69, 9.17) is 19.3 Å². The quantitative estimate of drug-likeness (QED) is 0.415. The molecule has 0 aliphatic heterocycles. The average Bonchev–Trinajstić information content (AvgIpc) is 2.50. The van der Waals surface area contributed by atoms with E-state index in [0.29, 0.717) is 59.0 Å². The maximum absolute atomic E-state index is 10.9. The summed E-state index contributed by atoms with van der Waals surface area (Å²) in [6, 6.07) is 0. The number of hydrogen-bond acceptors (Lipinski definition) is 5. The summed E-state index contributed by atoms with van der Waals surface area (Å²) in [6.45, 7) is 5.51. The van der Waals surface area contributed by atoms with Crippen LogP contribution in [-0.4, -0.2) is 63.2 Å². The van der Waals surface area contributed by atoms with E-state index in [1.165, 1.54) is 0 Å². The van der Waals surface area contributed by atoms with E-state index in [1.54, 1.807) is 0 Å².